The van der Waals surface area contributed by atoms with Crippen LogP contribution in [0.3, 0.4) is 0 Å². The fourth-order valence-electron chi connectivity index (χ4n) is 1.37. The highest BCUT2D eigenvalue weighted by molar-refractivity contribution is 6.30. The monoisotopic (exact) mass is 239 g/mol. The summed E-state index contributed by atoms with van der Waals surface area (Å²) in [5.41, 5.74) is 3.65. The Morgan fingerprint density at radius 3 is 2.56 bits per heavy atom. The standard InChI is InChI=1S/C10H10ClN3O2/c11-8-3-1-7(2-4-8)6-14-10(16)13-9(15)5-12-14/h1-4,12H,5-6H2,(H,13,15,16). The van der Waals surface area contributed by atoms with Crippen LogP contribution in [-0.4, -0.2) is 23.5 Å². The van der Waals surface area contributed by atoms with E-state index >= 15 is 0 Å². The molecule has 1 saturated heterocycles. The molecule has 1 fully saturated rings. The van der Waals surface area contributed by atoms with E-state index in [1.165, 1.54) is 5.01 Å². The van der Waals surface area contributed by atoms with Crippen molar-refractivity contribution in [2.24, 2.45) is 0 Å². The summed E-state index contributed by atoms with van der Waals surface area (Å²) in [4.78, 5) is 22.3. The number of urea groups is 1. The van der Waals surface area contributed by atoms with Gasteiger partial charge in [-0.25, -0.2) is 10.2 Å². The quantitative estimate of drug-likeness (QED) is 0.806. The van der Waals surface area contributed by atoms with E-state index in [1.54, 1.807) is 12.1 Å². The van der Waals surface area contributed by atoms with Crippen molar-refractivity contribution in [3.63, 3.8) is 0 Å². The van der Waals surface area contributed by atoms with Gasteiger partial charge in [0, 0.05) is 5.02 Å². The predicted molar refractivity (Wildman–Crippen MR) is 58.5 cm³/mol. The minimum Gasteiger partial charge on any atom is -0.276 e. The lowest BCUT2D eigenvalue weighted by molar-refractivity contribution is -0.121. The summed E-state index contributed by atoms with van der Waals surface area (Å²) in [6, 6.07) is 6.72. The van der Waals surface area contributed by atoms with E-state index in [1.807, 2.05) is 12.1 Å². The van der Waals surface area contributed by atoms with Gasteiger partial charge in [0.25, 0.3) is 0 Å². The van der Waals surface area contributed by atoms with Crippen LogP contribution in [0.1, 0.15) is 5.56 Å². The normalized spacial score (nSPS) is 16.2. The second-order valence-corrected chi connectivity index (χ2v) is 3.84. The first-order valence-corrected chi connectivity index (χ1v) is 5.12. The fourth-order valence-corrected chi connectivity index (χ4v) is 1.50. The minimum absolute atomic E-state index is 0.110. The van der Waals surface area contributed by atoms with E-state index in [0.717, 1.165) is 5.56 Å². The molecule has 5 nitrogen and oxygen atoms in total. The highest BCUT2D eigenvalue weighted by Crippen LogP contribution is 2.11. The van der Waals surface area contributed by atoms with Gasteiger partial charge < -0.3 is 0 Å². The number of hydrogen-bond donors (Lipinski definition) is 2. The van der Waals surface area contributed by atoms with Gasteiger partial charge in [-0.1, -0.05) is 23.7 Å². The summed E-state index contributed by atoms with van der Waals surface area (Å²) < 4.78 is 0. The topological polar surface area (TPSA) is 61.4 Å². The molecule has 1 aliphatic heterocycles. The van der Waals surface area contributed by atoms with Gasteiger partial charge in [0.1, 0.15) is 0 Å². The number of benzene rings is 1. The maximum Gasteiger partial charge on any atom is 0.338 e. The van der Waals surface area contributed by atoms with Crippen molar-refractivity contribution in [3.05, 3.63) is 34.9 Å². The lowest BCUT2D eigenvalue weighted by Crippen LogP contribution is -2.58. The third-order valence-electron chi connectivity index (χ3n) is 2.18. The fraction of sp³-hybridized carbons (Fsp3) is 0.200. The lowest BCUT2D eigenvalue weighted by Gasteiger charge is -2.27. The number of rotatable bonds is 2. The zero-order chi connectivity index (χ0) is 11.5. The van der Waals surface area contributed by atoms with Crippen LogP contribution in [-0.2, 0) is 11.3 Å². The first-order chi connectivity index (χ1) is 7.65. The molecule has 1 heterocycles. The van der Waals surface area contributed by atoms with Crippen LogP contribution in [0.4, 0.5) is 4.79 Å². The zero-order valence-corrected chi connectivity index (χ0v) is 9.12. The van der Waals surface area contributed by atoms with Crippen molar-refractivity contribution in [1.29, 1.82) is 0 Å². The molecule has 2 rings (SSSR count). The first-order valence-electron chi connectivity index (χ1n) is 4.74. The van der Waals surface area contributed by atoms with Crippen molar-refractivity contribution in [1.82, 2.24) is 15.8 Å². The maximum atomic E-state index is 11.4. The molecule has 0 spiro atoms. The summed E-state index contributed by atoms with van der Waals surface area (Å²) in [6.45, 7) is 0.496. The van der Waals surface area contributed by atoms with E-state index in [-0.39, 0.29) is 12.5 Å². The number of hydrogen-bond acceptors (Lipinski definition) is 3. The molecular formula is C10H10ClN3O2. The summed E-state index contributed by atoms with van der Waals surface area (Å²) in [5, 5.41) is 4.22. The average Bonchev–Trinajstić information content (AvgIpc) is 2.25. The molecule has 0 aliphatic carbocycles. The number of amides is 3. The number of nitrogens with zero attached hydrogens (tertiary/aromatic N) is 1. The molecule has 0 bridgehead atoms. The van der Waals surface area contributed by atoms with Gasteiger partial charge in [0.2, 0.25) is 5.91 Å². The van der Waals surface area contributed by atoms with E-state index in [9.17, 15) is 9.59 Å². The molecule has 16 heavy (non-hydrogen) atoms. The Hall–Kier alpha value is -1.59. The van der Waals surface area contributed by atoms with Gasteiger partial charge in [-0.3, -0.25) is 15.1 Å². The number of hydrazine groups is 1. The Kier molecular flexibility index (Phi) is 3.07. The molecule has 6 heteroatoms. The Morgan fingerprint density at radius 2 is 1.94 bits per heavy atom. The third kappa shape index (κ3) is 2.50. The summed E-state index contributed by atoms with van der Waals surface area (Å²) in [6.07, 6.45) is 0. The Labute approximate surface area is 97.3 Å². The van der Waals surface area contributed by atoms with Gasteiger partial charge in [0.15, 0.2) is 0 Å². The van der Waals surface area contributed by atoms with Gasteiger partial charge in [-0.2, -0.15) is 0 Å². The molecule has 0 saturated carbocycles. The van der Waals surface area contributed by atoms with Crippen LogP contribution in [0.25, 0.3) is 0 Å². The van der Waals surface area contributed by atoms with Crippen LogP contribution >= 0.6 is 11.6 Å². The smallest absolute Gasteiger partial charge is 0.276 e. The third-order valence-corrected chi connectivity index (χ3v) is 2.43. The Bertz CT molecular complexity index is 419. The van der Waals surface area contributed by atoms with Crippen LogP contribution < -0.4 is 10.7 Å². The summed E-state index contributed by atoms with van der Waals surface area (Å²) >= 11 is 5.75. The van der Waals surface area contributed by atoms with Crippen molar-refractivity contribution in [2.75, 3.05) is 6.54 Å². The molecule has 0 unspecified atom stereocenters. The van der Waals surface area contributed by atoms with Gasteiger partial charge in [-0.15, -0.1) is 0 Å². The molecule has 2 N–H and O–H groups in total. The van der Waals surface area contributed by atoms with E-state index < -0.39 is 6.03 Å². The highest BCUT2D eigenvalue weighted by Gasteiger charge is 2.22. The molecule has 1 aromatic rings. The molecule has 1 aliphatic rings. The molecule has 1 aromatic carbocycles. The van der Waals surface area contributed by atoms with Gasteiger partial charge in [0.05, 0.1) is 13.1 Å². The predicted octanol–water partition coefficient (Wildman–Crippen LogP) is 0.896. The number of nitrogens with one attached hydrogen (secondary N) is 2. The molecule has 0 radical (unpaired) electrons. The van der Waals surface area contributed by atoms with Crippen LogP contribution in [0.2, 0.25) is 5.02 Å². The Morgan fingerprint density at radius 1 is 1.25 bits per heavy atom. The number of carbonyl (C=O) groups is 2. The van der Waals surface area contributed by atoms with Crippen molar-refractivity contribution in [2.45, 2.75) is 6.54 Å². The molecule has 84 valence electrons. The zero-order valence-electron chi connectivity index (χ0n) is 8.37. The maximum absolute atomic E-state index is 11.4. The highest BCUT2D eigenvalue weighted by atomic mass is 35.5. The van der Waals surface area contributed by atoms with E-state index in [0.29, 0.717) is 11.6 Å². The number of imide groups is 1. The van der Waals surface area contributed by atoms with Crippen LogP contribution in [0.15, 0.2) is 24.3 Å². The molecule has 0 aromatic heterocycles. The van der Waals surface area contributed by atoms with Gasteiger partial charge in [-0.05, 0) is 17.7 Å². The second-order valence-electron chi connectivity index (χ2n) is 3.40. The SMILES string of the molecule is O=C1CNN(Cc2ccc(Cl)cc2)C(=O)N1. The van der Waals surface area contributed by atoms with Gasteiger partial charge >= 0.3 is 6.03 Å². The average molecular weight is 240 g/mol. The second kappa shape index (κ2) is 4.51. The molecule has 0 atom stereocenters. The van der Waals surface area contributed by atoms with Crippen molar-refractivity contribution in [3.8, 4) is 0 Å². The van der Waals surface area contributed by atoms with Crippen LogP contribution in [0.5, 0.6) is 0 Å². The van der Waals surface area contributed by atoms with E-state index in [4.69, 9.17) is 11.6 Å². The minimum atomic E-state index is -0.439. The summed E-state index contributed by atoms with van der Waals surface area (Å²) in [7, 11) is 0. The molecular weight excluding hydrogens is 230 g/mol. The molecule has 3 amide bonds. The first kappa shape index (κ1) is 10.9. The lowest BCUT2D eigenvalue weighted by atomic mass is 10.2. The largest absolute Gasteiger partial charge is 0.338 e. The summed E-state index contributed by atoms with van der Waals surface area (Å²) in [5.74, 6) is -0.322. The number of halogens is 1. The van der Waals surface area contributed by atoms with Crippen molar-refractivity contribution < 1.29 is 9.59 Å². The Balaban J connectivity index is 2.02. The van der Waals surface area contributed by atoms with Crippen LogP contribution in [0, 0.1) is 0 Å². The van der Waals surface area contributed by atoms with E-state index in [2.05, 4.69) is 10.7 Å². The van der Waals surface area contributed by atoms with Crippen molar-refractivity contribution >= 4 is 23.5 Å². The number of carbonyl (C=O) groups excluding carboxylic acids is 2.